The summed E-state index contributed by atoms with van der Waals surface area (Å²) in [6.07, 6.45) is 11.7. The van der Waals surface area contributed by atoms with Gasteiger partial charge in [0.05, 0.1) is 22.4 Å². The standard InChI is InChI=1S/C24H40B2O4/c1-21(2)22(3,4)28-25(27-21)19-13-9-17(10-14-19)18-11-15-20(16-12-18)26-29-23(5,6)24(7,8)30-26/h13,15,17-18H,9-12,14,16H2,1-8H3. The van der Waals surface area contributed by atoms with Crippen molar-refractivity contribution in [3.05, 3.63) is 23.1 Å². The van der Waals surface area contributed by atoms with Crippen LogP contribution in [0.5, 0.6) is 0 Å². The van der Waals surface area contributed by atoms with Gasteiger partial charge in [0, 0.05) is 0 Å². The third kappa shape index (κ3) is 3.98. The molecule has 0 aromatic rings. The first kappa shape index (κ1) is 22.6. The predicted octanol–water partition coefficient (Wildman–Crippen LogP) is 5.70. The Hall–Kier alpha value is -0.550. The molecule has 0 amide bonds. The van der Waals surface area contributed by atoms with Crippen LogP contribution in [0.25, 0.3) is 0 Å². The second-order valence-corrected chi connectivity index (χ2v) is 11.8. The van der Waals surface area contributed by atoms with Crippen LogP contribution in [0.3, 0.4) is 0 Å². The monoisotopic (exact) mass is 414 g/mol. The van der Waals surface area contributed by atoms with Crippen LogP contribution >= 0.6 is 0 Å². The first-order valence-electron chi connectivity index (χ1n) is 11.9. The van der Waals surface area contributed by atoms with Crippen molar-refractivity contribution >= 4 is 14.2 Å². The minimum atomic E-state index is -0.257. The second-order valence-electron chi connectivity index (χ2n) is 11.8. The highest BCUT2D eigenvalue weighted by Gasteiger charge is 2.53. The van der Waals surface area contributed by atoms with Crippen molar-refractivity contribution in [3.8, 4) is 0 Å². The van der Waals surface area contributed by atoms with Gasteiger partial charge in [-0.25, -0.2) is 0 Å². The van der Waals surface area contributed by atoms with Gasteiger partial charge in [-0.3, -0.25) is 0 Å². The van der Waals surface area contributed by atoms with Crippen LogP contribution in [0.2, 0.25) is 0 Å². The molecule has 0 N–H and O–H groups in total. The lowest BCUT2D eigenvalue weighted by atomic mass is 9.64. The van der Waals surface area contributed by atoms with Crippen molar-refractivity contribution in [2.24, 2.45) is 11.8 Å². The highest BCUT2D eigenvalue weighted by Crippen LogP contribution is 2.44. The third-order valence-electron chi connectivity index (χ3n) is 8.75. The number of hydrogen-bond donors (Lipinski definition) is 0. The van der Waals surface area contributed by atoms with Crippen LogP contribution in [0.4, 0.5) is 0 Å². The van der Waals surface area contributed by atoms with E-state index in [4.69, 9.17) is 18.6 Å². The van der Waals surface area contributed by atoms with Gasteiger partial charge in [0.2, 0.25) is 0 Å². The van der Waals surface area contributed by atoms with Gasteiger partial charge in [0.1, 0.15) is 0 Å². The summed E-state index contributed by atoms with van der Waals surface area (Å²) < 4.78 is 25.0. The highest BCUT2D eigenvalue weighted by atomic mass is 16.7. The summed E-state index contributed by atoms with van der Waals surface area (Å²) in [5, 5.41) is 0. The van der Waals surface area contributed by atoms with Crippen molar-refractivity contribution in [3.63, 3.8) is 0 Å². The van der Waals surface area contributed by atoms with Gasteiger partial charge in [-0.1, -0.05) is 12.2 Å². The molecule has 6 heteroatoms. The zero-order valence-corrected chi connectivity index (χ0v) is 20.3. The lowest BCUT2D eigenvalue weighted by molar-refractivity contribution is 0.00578. The zero-order valence-electron chi connectivity index (χ0n) is 20.3. The van der Waals surface area contributed by atoms with Gasteiger partial charge < -0.3 is 18.6 Å². The third-order valence-corrected chi connectivity index (χ3v) is 8.75. The largest absolute Gasteiger partial charge is 0.490 e. The maximum atomic E-state index is 6.26. The molecule has 2 aliphatic heterocycles. The molecule has 0 bridgehead atoms. The molecule has 166 valence electrons. The van der Waals surface area contributed by atoms with E-state index in [1.807, 2.05) is 0 Å². The molecule has 2 heterocycles. The zero-order chi connectivity index (χ0) is 21.9. The van der Waals surface area contributed by atoms with E-state index in [1.54, 1.807) is 0 Å². The number of hydrogen-bond acceptors (Lipinski definition) is 4. The lowest BCUT2D eigenvalue weighted by Crippen LogP contribution is -2.41. The molecule has 2 atom stereocenters. The average molecular weight is 414 g/mol. The van der Waals surface area contributed by atoms with E-state index in [1.165, 1.54) is 23.8 Å². The molecule has 4 nitrogen and oxygen atoms in total. The molecule has 2 fully saturated rings. The van der Waals surface area contributed by atoms with Crippen molar-refractivity contribution in [2.75, 3.05) is 0 Å². The first-order chi connectivity index (χ1) is 13.8. The molecule has 4 aliphatic rings. The summed E-state index contributed by atoms with van der Waals surface area (Å²) in [6.45, 7) is 17.0. The van der Waals surface area contributed by atoms with Gasteiger partial charge in [-0.15, -0.1) is 0 Å². The van der Waals surface area contributed by atoms with Gasteiger partial charge >= 0.3 is 14.2 Å². The average Bonchev–Trinajstić information content (AvgIpc) is 3.02. The normalized spacial score (nSPS) is 34.7. The SMILES string of the molecule is CC1(C)OB(C2=CCC(C3CC=C(B4OC(C)(C)C(C)(C)O4)CC3)CC2)OC1(C)C. The maximum absolute atomic E-state index is 6.26. The fourth-order valence-electron chi connectivity index (χ4n) is 5.02. The predicted molar refractivity (Wildman–Crippen MR) is 123 cm³/mol. The van der Waals surface area contributed by atoms with Crippen LogP contribution in [-0.2, 0) is 18.6 Å². The van der Waals surface area contributed by atoms with Crippen molar-refractivity contribution in [1.82, 2.24) is 0 Å². The van der Waals surface area contributed by atoms with E-state index in [0.717, 1.165) is 37.5 Å². The molecule has 2 unspecified atom stereocenters. The Bertz CT molecular complexity index is 643. The van der Waals surface area contributed by atoms with E-state index >= 15 is 0 Å². The van der Waals surface area contributed by atoms with Crippen LogP contribution in [0.15, 0.2) is 23.1 Å². The Balaban J connectivity index is 1.33. The summed E-state index contributed by atoms with van der Waals surface area (Å²) in [6, 6.07) is 0. The Morgan fingerprint density at radius 2 is 0.900 bits per heavy atom. The Labute approximate surface area is 184 Å². The van der Waals surface area contributed by atoms with E-state index in [9.17, 15) is 0 Å². The molecular formula is C24H40B2O4. The highest BCUT2D eigenvalue weighted by molar-refractivity contribution is 6.55. The van der Waals surface area contributed by atoms with Crippen LogP contribution in [0, 0.1) is 11.8 Å². The molecule has 30 heavy (non-hydrogen) atoms. The van der Waals surface area contributed by atoms with E-state index in [0.29, 0.717) is 0 Å². The number of rotatable bonds is 3. The smallest absolute Gasteiger partial charge is 0.400 e. The van der Waals surface area contributed by atoms with Crippen molar-refractivity contribution in [2.45, 2.75) is 116 Å². The summed E-state index contributed by atoms with van der Waals surface area (Å²) in [5.74, 6) is 1.51. The van der Waals surface area contributed by atoms with Gasteiger partial charge in [0.25, 0.3) is 0 Å². The first-order valence-corrected chi connectivity index (χ1v) is 11.9. The Kier molecular flexibility index (Phi) is 5.66. The fourth-order valence-corrected chi connectivity index (χ4v) is 5.02. The maximum Gasteiger partial charge on any atom is 0.490 e. The topological polar surface area (TPSA) is 36.9 Å². The molecule has 2 aliphatic carbocycles. The summed E-state index contributed by atoms with van der Waals surface area (Å²) in [5.41, 5.74) is 1.66. The Morgan fingerprint density at radius 3 is 1.13 bits per heavy atom. The molecule has 0 spiro atoms. The molecule has 0 aromatic carbocycles. The second kappa shape index (κ2) is 7.50. The van der Waals surface area contributed by atoms with Crippen LogP contribution in [0.1, 0.15) is 93.9 Å². The molecule has 4 rings (SSSR count). The Morgan fingerprint density at radius 1 is 0.600 bits per heavy atom. The molecule has 0 saturated carbocycles. The molecular weight excluding hydrogens is 374 g/mol. The van der Waals surface area contributed by atoms with Crippen LogP contribution < -0.4 is 0 Å². The molecule has 0 radical (unpaired) electrons. The van der Waals surface area contributed by atoms with Gasteiger partial charge in [-0.05, 0) is 117 Å². The van der Waals surface area contributed by atoms with Crippen molar-refractivity contribution < 1.29 is 18.6 Å². The van der Waals surface area contributed by atoms with E-state index < -0.39 is 0 Å². The van der Waals surface area contributed by atoms with Gasteiger partial charge in [-0.2, -0.15) is 0 Å². The summed E-state index contributed by atoms with van der Waals surface area (Å²) in [7, 11) is -0.339. The molecule has 0 aromatic heterocycles. The lowest BCUT2D eigenvalue weighted by Gasteiger charge is -2.32. The van der Waals surface area contributed by atoms with Crippen LogP contribution in [-0.4, -0.2) is 36.6 Å². The van der Waals surface area contributed by atoms with E-state index in [-0.39, 0.29) is 36.6 Å². The van der Waals surface area contributed by atoms with Gasteiger partial charge in [0.15, 0.2) is 0 Å². The van der Waals surface area contributed by atoms with Crippen molar-refractivity contribution in [1.29, 1.82) is 0 Å². The minimum absolute atomic E-state index is 0.169. The quantitative estimate of drug-likeness (QED) is 0.555. The number of allylic oxidation sites excluding steroid dienone is 4. The summed E-state index contributed by atoms with van der Waals surface area (Å²) in [4.78, 5) is 0. The van der Waals surface area contributed by atoms with E-state index in [2.05, 4.69) is 67.5 Å². The minimum Gasteiger partial charge on any atom is -0.400 e. The molecule has 2 saturated heterocycles. The fraction of sp³-hybridized carbons (Fsp3) is 0.833. The summed E-state index contributed by atoms with van der Waals surface area (Å²) >= 11 is 0.